The number of nitrogens with zero attached hydrogens (tertiary/aromatic N) is 2. The third-order valence-electron chi connectivity index (χ3n) is 4.40. The van der Waals surface area contributed by atoms with E-state index in [0.29, 0.717) is 23.6 Å². The van der Waals surface area contributed by atoms with Gasteiger partial charge in [0, 0.05) is 24.3 Å². The first-order valence-corrected chi connectivity index (χ1v) is 9.76. The Labute approximate surface area is 168 Å². The topological polar surface area (TPSA) is 75.5 Å². The molecule has 0 radical (unpaired) electrons. The van der Waals surface area contributed by atoms with Crippen molar-refractivity contribution in [2.75, 3.05) is 6.54 Å². The first-order valence-electron chi connectivity index (χ1n) is 9.38. The van der Waals surface area contributed by atoms with Crippen molar-refractivity contribution in [2.24, 2.45) is 0 Å². The second-order valence-corrected chi connectivity index (χ2v) is 6.95. The molecule has 0 atom stereocenters. The third-order valence-corrected chi connectivity index (χ3v) is 4.65. The Bertz CT molecular complexity index is 966. The standard InChI is InChI=1S/C21H23ClN4O2/c1-2-3-5-12-23-21(28)19-25-18(17-7-4-6-13-26(17)19)20(27)24-14-15-8-10-16(22)11-9-15/h4,6-11,13H,2-3,5,12,14H2,1H3,(H,23,28)(H,24,27). The first kappa shape index (κ1) is 19.9. The minimum absolute atomic E-state index is 0.212. The Hall–Kier alpha value is -2.86. The number of carbonyl (C=O) groups is 2. The van der Waals surface area contributed by atoms with Crippen LogP contribution in [0.5, 0.6) is 0 Å². The second kappa shape index (κ2) is 9.37. The number of hydrogen-bond acceptors (Lipinski definition) is 3. The molecular weight excluding hydrogens is 376 g/mol. The molecule has 2 N–H and O–H groups in total. The summed E-state index contributed by atoms with van der Waals surface area (Å²) in [6, 6.07) is 12.6. The maximum atomic E-state index is 12.7. The summed E-state index contributed by atoms with van der Waals surface area (Å²) in [7, 11) is 0. The summed E-state index contributed by atoms with van der Waals surface area (Å²) < 4.78 is 1.65. The molecule has 0 unspecified atom stereocenters. The maximum Gasteiger partial charge on any atom is 0.287 e. The first-order chi connectivity index (χ1) is 13.6. The van der Waals surface area contributed by atoms with Gasteiger partial charge in [-0.1, -0.05) is 49.6 Å². The molecule has 0 saturated carbocycles. The van der Waals surface area contributed by atoms with Crippen molar-refractivity contribution in [3.8, 4) is 0 Å². The highest BCUT2D eigenvalue weighted by Crippen LogP contribution is 2.14. The van der Waals surface area contributed by atoms with E-state index in [-0.39, 0.29) is 23.3 Å². The number of benzene rings is 1. The van der Waals surface area contributed by atoms with Crippen molar-refractivity contribution < 1.29 is 9.59 Å². The lowest BCUT2D eigenvalue weighted by Gasteiger charge is -2.04. The van der Waals surface area contributed by atoms with E-state index in [9.17, 15) is 9.59 Å². The lowest BCUT2D eigenvalue weighted by molar-refractivity contribution is 0.0941. The van der Waals surface area contributed by atoms with Gasteiger partial charge in [0.05, 0.1) is 5.52 Å². The molecule has 0 saturated heterocycles. The van der Waals surface area contributed by atoms with Crippen molar-refractivity contribution in [1.29, 1.82) is 0 Å². The van der Waals surface area contributed by atoms with Crippen LogP contribution in [0, 0.1) is 0 Å². The van der Waals surface area contributed by atoms with Crippen molar-refractivity contribution in [2.45, 2.75) is 32.7 Å². The number of pyridine rings is 1. The molecule has 3 aromatic rings. The SMILES string of the molecule is CCCCCNC(=O)c1nc(C(=O)NCc2ccc(Cl)cc2)c2ccccn12. The van der Waals surface area contributed by atoms with Gasteiger partial charge < -0.3 is 10.6 Å². The van der Waals surface area contributed by atoms with Crippen molar-refractivity contribution in [3.63, 3.8) is 0 Å². The third kappa shape index (κ3) is 4.70. The van der Waals surface area contributed by atoms with Gasteiger partial charge in [-0.15, -0.1) is 0 Å². The Morgan fingerprint density at radius 3 is 2.57 bits per heavy atom. The van der Waals surface area contributed by atoms with E-state index < -0.39 is 0 Å². The summed E-state index contributed by atoms with van der Waals surface area (Å²) in [6.45, 7) is 3.05. The number of halogens is 1. The number of aromatic nitrogens is 2. The molecule has 2 heterocycles. The van der Waals surface area contributed by atoms with Crippen LogP contribution in [-0.2, 0) is 6.54 Å². The predicted molar refractivity (Wildman–Crippen MR) is 110 cm³/mol. The Morgan fingerprint density at radius 2 is 1.82 bits per heavy atom. The van der Waals surface area contributed by atoms with Crippen molar-refractivity contribution >= 4 is 28.9 Å². The van der Waals surface area contributed by atoms with Crippen LogP contribution >= 0.6 is 11.6 Å². The average Bonchev–Trinajstić information content (AvgIpc) is 3.10. The second-order valence-electron chi connectivity index (χ2n) is 6.51. The largest absolute Gasteiger partial charge is 0.349 e. The molecule has 2 amide bonds. The highest BCUT2D eigenvalue weighted by atomic mass is 35.5. The average molecular weight is 399 g/mol. The van der Waals surface area contributed by atoms with E-state index in [1.54, 1.807) is 34.9 Å². The van der Waals surface area contributed by atoms with Gasteiger partial charge >= 0.3 is 0 Å². The van der Waals surface area contributed by atoms with Crippen LogP contribution in [0.3, 0.4) is 0 Å². The van der Waals surface area contributed by atoms with Crippen LogP contribution in [0.2, 0.25) is 5.02 Å². The fraction of sp³-hybridized carbons (Fsp3) is 0.286. The molecule has 0 fully saturated rings. The van der Waals surface area contributed by atoms with Crippen LogP contribution in [0.4, 0.5) is 0 Å². The molecule has 0 aliphatic rings. The monoisotopic (exact) mass is 398 g/mol. The predicted octanol–water partition coefficient (Wildman–Crippen LogP) is 3.84. The van der Waals surface area contributed by atoms with Gasteiger partial charge in [-0.2, -0.15) is 0 Å². The lowest BCUT2D eigenvalue weighted by atomic mass is 10.2. The van der Waals surface area contributed by atoms with Gasteiger partial charge in [-0.25, -0.2) is 4.98 Å². The normalized spacial score (nSPS) is 10.8. The minimum Gasteiger partial charge on any atom is -0.349 e. The number of imidazole rings is 1. The van der Waals surface area contributed by atoms with Crippen molar-refractivity contribution in [3.05, 3.63) is 70.8 Å². The number of rotatable bonds is 8. The van der Waals surface area contributed by atoms with Gasteiger partial charge in [-0.05, 0) is 36.2 Å². The zero-order chi connectivity index (χ0) is 19.9. The number of hydrogen-bond donors (Lipinski definition) is 2. The van der Waals surface area contributed by atoms with E-state index in [4.69, 9.17) is 11.6 Å². The van der Waals surface area contributed by atoms with E-state index in [1.807, 2.05) is 18.2 Å². The fourth-order valence-corrected chi connectivity index (χ4v) is 3.02. The van der Waals surface area contributed by atoms with Crippen LogP contribution in [0.15, 0.2) is 48.7 Å². The van der Waals surface area contributed by atoms with Gasteiger partial charge in [0.15, 0.2) is 5.69 Å². The van der Waals surface area contributed by atoms with Gasteiger partial charge in [0.25, 0.3) is 11.8 Å². The summed E-state index contributed by atoms with van der Waals surface area (Å²) >= 11 is 5.88. The Balaban J connectivity index is 1.76. The quantitative estimate of drug-likeness (QED) is 0.566. The molecule has 0 spiro atoms. The fourth-order valence-electron chi connectivity index (χ4n) is 2.89. The number of carbonyl (C=O) groups excluding carboxylic acids is 2. The van der Waals surface area contributed by atoms with Crippen LogP contribution in [0.25, 0.3) is 5.52 Å². The highest BCUT2D eigenvalue weighted by molar-refractivity contribution is 6.30. The van der Waals surface area contributed by atoms with Crippen LogP contribution < -0.4 is 10.6 Å². The molecule has 6 nitrogen and oxygen atoms in total. The Morgan fingerprint density at radius 1 is 1.04 bits per heavy atom. The molecule has 3 rings (SSSR count). The van der Waals surface area contributed by atoms with E-state index in [1.165, 1.54) is 0 Å². The Kier molecular flexibility index (Phi) is 6.66. The highest BCUT2D eigenvalue weighted by Gasteiger charge is 2.21. The smallest absolute Gasteiger partial charge is 0.287 e. The van der Waals surface area contributed by atoms with Crippen LogP contribution in [0.1, 0.15) is 52.9 Å². The summed E-state index contributed by atoms with van der Waals surface area (Å²) in [6.07, 6.45) is 4.79. The van der Waals surface area contributed by atoms with Crippen molar-refractivity contribution in [1.82, 2.24) is 20.0 Å². The molecule has 7 heteroatoms. The number of unbranched alkanes of at least 4 members (excludes halogenated alkanes) is 2. The summed E-state index contributed by atoms with van der Waals surface area (Å²) in [5, 5.41) is 6.37. The molecule has 146 valence electrons. The molecule has 28 heavy (non-hydrogen) atoms. The zero-order valence-electron chi connectivity index (χ0n) is 15.7. The molecule has 0 bridgehead atoms. The zero-order valence-corrected chi connectivity index (χ0v) is 16.5. The lowest BCUT2D eigenvalue weighted by Crippen LogP contribution is -2.27. The van der Waals surface area contributed by atoms with E-state index >= 15 is 0 Å². The number of fused-ring (bicyclic) bond motifs is 1. The maximum absolute atomic E-state index is 12.7. The summed E-state index contributed by atoms with van der Waals surface area (Å²) in [5.74, 6) is -0.401. The molecular formula is C21H23ClN4O2. The number of amides is 2. The van der Waals surface area contributed by atoms with Gasteiger partial charge in [0.1, 0.15) is 0 Å². The molecule has 0 aliphatic heterocycles. The molecule has 2 aromatic heterocycles. The van der Waals surface area contributed by atoms with E-state index in [2.05, 4.69) is 22.5 Å². The van der Waals surface area contributed by atoms with Gasteiger partial charge in [-0.3, -0.25) is 14.0 Å². The van der Waals surface area contributed by atoms with E-state index in [0.717, 1.165) is 24.8 Å². The number of nitrogens with one attached hydrogen (secondary N) is 2. The summed E-state index contributed by atoms with van der Waals surface area (Å²) in [4.78, 5) is 29.6. The molecule has 0 aliphatic carbocycles. The van der Waals surface area contributed by atoms with Gasteiger partial charge in [0.2, 0.25) is 5.82 Å². The summed E-state index contributed by atoms with van der Waals surface area (Å²) in [5.41, 5.74) is 1.75. The van der Waals surface area contributed by atoms with Crippen LogP contribution in [-0.4, -0.2) is 27.7 Å². The minimum atomic E-state index is -0.330. The molecule has 1 aromatic carbocycles.